The van der Waals surface area contributed by atoms with Gasteiger partial charge in [0.25, 0.3) is 6.43 Å². The molecule has 5 rings (SSSR count). The van der Waals surface area contributed by atoms with Crippen molar-refractivity contribution in [1.82, 2.24) is 25.3 Å². The van der Waals surface area contributed by atoms with E-state index in [2.05, 4.69) is 35.3 Å². The van der Waals surface area contributed by atoms with Gasteiger partial charge in [-0.3, -0.25) is 4.72 Å². The summed E-state index contributed by atoms with van der Waals surface area (Å²) >= 11 is 0. The molecule has 0 spiro atoms. The zero-order valence-electron chi connectivity index (χ0n) is 26.4. The lowest BCUT2D eigenvalue weighted by Crippen LogP contribution is -2.42. The normalized spacial score (nSPS) is 17.0. The van der Waals surface area contributed by atoms with Crippen molar-refractivity contribution < 1.29 is 31.1 Å². The van der Waals surface area contributed by atoms with Crippen molar-refractivity contribution in [2.75, 3.05) is 10.0 Å². The minimum Gasteiger partial charge on any atom is -0.444 e. The van der Waals surface area contributed by atoms with Gasteiger partial charge in [0.05, 0.1) is 17.6 Å². The maximum absolute atomic E-state index is 14.3. The largest absolute Gasteiger partial charge is 0.444 e. The van der Waals surface area contributed by atoms with Crippen LogP contribution in [0, 0.1) is 12.7 Å². The molecule has 1 amide bonds. The first-order chi connectivity index (χ1) is 22.1. The average molecular weight is 672 g/mol. The van der Waals surface area contributed by atoms with E-state index in [0.29, 0.717) is 42.5 Å². The van der Waals surface area contributed by atoms with E-state index in [1.165, 1.54) is 42.6 Å². The third kappa shape index (κ3) is 9.05. The van der Waals surface area contributed by atoms with Crippen molar-refractivity contribution in [3.8, 4) is 11.3 Å². The van der Waals surface area contributed by atoms with Crippen LogP contribution in [0.4, 0.5) is 29.7 Å². The van der Waals surface area contributed by atoms with Crippen LogP contribution in [-0.2, 0) is 20.5 Å². The number of anilines is 2. The van der Waals surface area contributed by atoms with Gasteiger partial charge in [-0.05, 0) is 89.3 Å². The van der Waals surface area contributed by atoms with Crippen LogP contribution in [0.5, 0.6) is 0 Å². The van der Waals surface area contributed by atoms with Gasteiger partial charge in [0, 0.05) is 28.9 Å². The third-order valence-electron chi connectivity index (χ3n) is 7.48. The second-order valence-electron chi connectivity index (χ2n) is 12.5. The predicted molar refractivity (Wildman–Crippen MR) is 172 cm³/mol. The van der Waals surface area contributed by atoms with Gasteiger partial charge in [-0.2, -0.15) is 0 Å². The lowest BCUT2D eigenvalue weighted by Gasteiger charge is -2.30. The molecule has 1 aliphatic carbocycles. The number of fused-ring (bicyclic) bond motifs is 1. The van der Waals surface area contributed by atoms with Crippen molar-refractivity contribution >= 4 is 38.9 Å². The topological polar surface area (TPSA) is 148 Å². The monoisotopic (exact) mass is 671 g/mol. The minimum atomic E-state index is -3.86. The van der Waals surface area contributed by atoms with Crippen LogP contribution < -0.4 is 15.4 Å². The quantitative estimate of drug-likeness (QED) is 0.178. The molecule has 1 aromatic carbocycles. The lowest BCUT2D eigenvalue weighted by molar-refractivity contribution is 0.0492. The van der Waals surface area contributed by atoms with Gasteiger partial charge in [-0.1, -0.05) is 12.1 Å². The standard InChI is InChI=1S/C32H36F3N7O4S/c1-18-23(13-14-27(37-18)42-47(44,45)17-19-5-7-20(33)8-6-19)25-15-24(29(34)35)28-26(40-25)16-36-30(41-28)38-21-9-11-22(12-10-21)39-31(43)46-32(2,3)4/h5-8,13-16,21-22,29H,9-12,17H2,1-4H3,(H,37,42)(H,39,43)(H,36,38,41)/t21-,22-. The number of carbonyl (C=O) groups is 1. The van der Waals surface area contributed by atoms with Gasteiger partial charge in [0.15, 0.2) is 0 Å². The molecule has 3 N–H and O–H groups in total. The number of benzene rings is 1. The highest BCUT2D eigenvalue weighted by Crippen LogP contribution is 2.32. The number of hydrogen-bond acceptors (Lipinski definition) is 9. The molecule has 3 aromatic heterocycles. The number of alkyl carbamates (subject to hydrolysis) is 1. The smallest absolute Gasteiger partial charge is 0.407 e. The highest BCUT2D eigenvalue weighted by atomic mass is 32.2. The van der Waals surface area contributed by atoms with Gasteiger partial charge in [-0.25, -0.2) is 46.3 Å². The molecule has 250 valence electrons. The maximum atomic E-state index is 14.3. The van der Waals surface area contributed by atoms with Crippen LogP contribution in [0.1, 0.15) is 69.7 Å². The summed E-state index contributed by atoms with van der Waals surface area (Å²) in [5.41, 5.74) is 0.647. The second kappa shape index (κ2) is 13.7. The number of rotatable bonds is 9. The van der Waals surface area contributed by atoms with E-state index in [1.54, 1.807) is 33.8 Å². The summed E-state index contributed by atoms with van der Waals surface area (Å²) in [7, 11) is -3.86. The lowest BCUT2D eigenvalue weighted by atomic mass is 9.91. The number of ether oxygens (including phenoxy) is 1. The number of aryl methyl sites for hydroxylation is 1. The summed E-state index contributed by atoms with van der Waals surface area (Å²) in [4.78, 5) is 29.6. The maximum Gasteiger partial charge on any atom is 0.407 e. The number of hydrogen-bond donors (Lipinski definition) is 3. The van der Waals surface area contributed by atoms with Crippen LogP contribution in [-0.4, -0.2) is 52.1 Å². The summed E-state index contributed by atoms with van der Waals surface area (Å²) < 4.78 is 74.8. The van der Waals surface area contributed by atoms with E-state index in [4.69, 9.17) is 4.74 Å². The molecule has 47 heavy (non-hydrogen) atoms. The summed E-state index contributed by atoms with van der Waals surface area (Å²) in [6, 6.07) is 9.29. The van der Waals surface area contributed by atoms with Gasteiger partial charge >= 0.3 is 6.09 Å². The Hall–Kier alpha value is -4.53. The Balaban J connectivity index is 1.28. The van der Waals surface area contributed by atoms with E-state index in [-0.39, 0.29) is 51.9 Å². The summed E-state index contributed by atoms with van der Waals surface area (Å²) in [6.07, 6.45) is 0.914. The number of alkyl halides is 2. The Kier molecular flexibility index (Phi) is 9.84. The fourth-order valence-electron chi connectivity index (χ4n) is 5.34. The number of amides is 1. The van der Waals surface area contributed by atoms with Crippen LogP contribution in [0.15, 0.2) is 48.7 Å². The van der Waals surface area contributed by atoms with Crippen LogP contribution in [0.3, 0.4) is 0 Å². The minimum absolute atomic E-state index is 0.00767. The first-order valence-electron chi connectivity index (χ1n) is 15.1. The number of sulfonamides is 1. The second-order valence-corrected chi connectivity index (χ2v) is 14.2. The predicted octanol–water partition coefficient (Wildman–Crippen LogP) is 6.66. The first kappa shape index (κ1) is 33.8. The third-order valence-corrected chi connectivity index (χ3v) is 8.72. The Morgan fingerprint density at radius 3 is 2.32 bits per heavy atom. The molecule has 0 bridgehead atoms. The molecule has 4 aromatic rings. The molecule has 1 aliphatic rings. The number of nitrogens with one attached hydrogen (secondary N) is 3. The summed E-state index contributed by atoms with van der Waals surface area (Å²) in [5, 5.41) is 6.12. The zero-order valence-corrected chi connectivity index (χ0v) is 27.2. The van der Waals surface area contributed by atoms with Crippen LogP contribution in [0.2, 0.25) is 0 Å². The number of nitrogens with zero attached hydrogens (tertiary/aromatic N) is 4. The average Bonchev–Trinajstić information content (AvgIpc) is 2.97. The van der Waals surface area contributed by atoms with E-state index >= 15 is 0 Å². The molecular formula is C32H36F3N7O4S. The van der Waals surface area contributed by atoms with Crippen molar-refractivity contribution in [2.45, 2.75) is 83.2 Å². The molecule has 11 nitrogen and oxygen atoms in total. The molecule has 0 atom stereocenters. The molecule has 0 unspecified atom stereocenters. The summed E-state index contributed by atoms with van der Waals surface area (Å²) in [5.74, 6) is -0.620. The van der Waals surface area contributed by atoms with Gasteiger partial charge in [0.2, 0.25) is 16.0 Å². The van der Waals surface area contributed by atoms with Gasteiger partial charge in [0.1, 0.15) is 28.3 Å². The van der Waals surface area contributed by atoms with Crippen molar-refractivity contribution in [3.63, 3.8) is 0 Å². The highest BCUT2D eigenvalue weighted by Gasteiger charge is 2.26. The van der Waals surface area contributed by atoms with Gasteiger partial charge < -0.3 is 15.4 Å². The van der Waals surface area contributed by atoms with Crippen LogP contribution in [0.25, 0.3) is 22.3 Å². The van der Waals surface area contributed by atoms with E-state index < -0.39 is 34.0 Å². The highest BCUT2D eigenvalue weighted by molar-refractivity contribution is 7.91. The molecule has 3 heterocycles. The van der Waals surface area contributed by atoms with E-state index in [0.717, 1.165) is 0 Å². The number of pyridine rings is 2. The fraction of sp³-hybridized carbons (Fsp3) is 0.406. The summed E-state index contributed by atoms with van der Waals surface area (Å²) in [6.45, 7) is 7.02. The Morgan fingerprint density at radius 1 is 1.00 bits per heavy atom. The number of aromatic nitrogens is 4. The fourth-order valence-corrected chi connectivity index (χ4v) is 6.48. The van der Waals surface area contributed by atoms with E-state index in [9.17, 15) is 26.4 Å². The molecule has 1 fully saturated rings. The molecule has 0 radical (unpaired) electrons. The van der Waals surface area contributed by atoms with Crippen molar-refractivity contribution in [3.05, 3.63) is 71.3 Å². The number of carbonyl (C=O) groups excluding carboxylic acids is 1. The first-order valence-corrected chi connectivity index (χ1v) is 16.7. The number of halogens is 3. The molecule has 0 aliphatic heterocycles. The Labute approximate surface area is 270 Å². The molecule has 0 saturated heterocycles. The van der Waals surface area contributed by atoms with E-state index in [1.807, 2.05) is 0 Å². The molecule has 15 heteroatoms. The van der Waals surface area contributed by atoms with Crippen molar-refractivity contribution in [2.24, 2.45) is 0 Å². The molecular weight excluding hydrogens is 635 g/mol. The van der Waals surface area contributed by atoms with Crippen molar-refractivity contribution in [1.29, 1.82) is 0 Å². The van der Waals surface area contributed by atoms with Crippen LogP contribution >= 0.6 is 0 Å². The van der Waals surface area contributed by atoms with Gasteiger partial charge in [-0.15, -0.1) is 0 Å². The zero-order chi connectivity index (χ0) is 33.9. The Morgan fingerprint density at radius 2 is 1.68 bits per heavy atom. The Bertz CT molecular complexity index is 1860. The SMILES string of the molecule is Cc1nc(NS(=O)(=O)Cc2ccc(F)cc2)ccc1-c1cc(C(F)F)c2nc(N[C@H]3CC[C@H](NC(=O)OC(C)(C)C)CC3)ncc2n1. The molecule has 1 saturated carbocycles.